The minimum absolute atomic E-state index is 0.217. The van der Waals surface area contributed by atoms with E-state index >= 15 is 0 Å². The molecule has 5 nitrogen and oxygen atoms in total. The molecular formula is C25H31F2NO4. The van der Waals surface area contributed by atoms with Gasteiger partial charge in [-0.2, -0.15) is 5.26 Å². The summed E-state index contributed by atoms with van der Waals surface area (Å²) in [7, 11) is 0. The smallest absolute Gasteiger partial charge is 0.340 e. The first-order valence-corrected chi connectivity index (χ1v) is 11.5. The minimum Gasteiger partial charge on any atom is -0.460 e. The number of halogens is 2. The highest BCUT2D eigenvalue weighted by molar-refractivity contribution is 5.74. The lowest BCUT2D eigenvalue weighted by Gasteiger charge is -2.31. The standard InChI is InChI=1S/C25H31F2NO4/c1-15(26)24(29)31-21-8-3-17(4-9-21)19-7-12-23(20(13-19)14-28)18-5-10-22(11-6-18)32-25(30)16(2)27/h7,12-13,15-18,21-22H,3-6,8-11H2,1-2H3/t15-,16-,17-,18-,21-,22-/m0/s1. The summed E-state index contributed by atoms with van der Waals surface area (Å²) in [5, 5.41) is 9.74. The molecule has 2 fully saturated rings. The summed E-state index contributed by atoms with van der Waals surface area (Å²) in [5.41, 5.74) is 2.79. The molecule has 3 rings (SSSR count). The van der Waals surface area contributed by atoms with Crippen LogP contribution in [0.2, 0.25) is 0 Å². The van der Waals surface area contributed by atoms with Crippen molar-refractivity contribution < 1.29 is 27.8 Å². The van der Waals surface area contributed by atoms with Crippen LogP contribution in [0.25, 0.3) is 0 Å². The van der Waals surface area contributed by atoms with E-state index in [0.29, 0.717) is 31.2 Å². The largest absolute Gasteiger partial charge is 0.460 e. The van der Waals surface area contributed by atoms with Crippen molar-refractivity contribution in [3.63, 3.8) is 0 Å². The van der Waals surface area contributed by atoms with Crippen LogP contribution in [0.15, 0.2) is 18.2 Å². The van der Waals surface area contributed by atoms with Crippen molar-refractivity contribution >= 4 is 11.9 Å². The first-order valence-electron chi connectivity index (χ1n) is 11.5. The van der Waals surface area contributed by atoms with Crippen molar-refractivity contribution in [2.45, 2.75) is 102 Å². The fraction of sp³-hybridized carbons (Fsp3) is 0.640. The average Bonchev–Trinajstić information content (AvgIpc) is 2.79. The van der Waals surface area contributed by atoms with Gasteiger partial charge in [0, 0.05) is 0 Å². The van der Waals surface area contributed by atoms with E-state index in [1.54, 1.807) is 0 Å². The van der Waals surface area contributed by atoms with Gasteiger partial charge in [0.15, 0.2) is 12.3 Å². The van der Waals surface area contributed by atoms with Crippen LogP contribution >= 0.6 is 0 Å². The van der Waals surface area contributed by atoms with Gasteiger partial charge in [0.05, 0.1) is 11.6 Å². The number of benzene rings is 1. The molecule has 0 radical (unpaired) electrons. The summed E-state index contributed by atoms with van der Waals surface area (Å²) in [6, 6.07) is 8.41. The van der Waals surface area contributed by atoms with Gasteiger partial charge in [-0.05, 0) is 94.2 Å². The van der Waals surface area contributed by atoms with Crippen molar-refractivity contribution in [2.75, 3.05) is 0 Å². The summed E-state index contributed by atoms with van der Waals surface area (Å²) < 4.78 is 36.5. The quantitative estimate of drug-likeness (QED) is 0.545. The molecule has 0 heterocycles. The number of ether oxygens (including phenoxy) is 2. The van der Waals surface area contributed by atoms with E-state index in [-0.39, 0.29) is 24.0 Å². The van der Waals surface area contributed by atoms with Gasteiger partial charge >= 0.3 is 11.9 Å². The monoisotopic (exact) mass is 447 g/mol. The lowest BCUT2D eigenvalue weighted by atomic mass is 9.78. The Morgan fingerprint density at radius 2 is 1.34 bits per heavy atom. The van der Waals surface area contributed by atoms with Crippen molar-refractivity contribution in [3.05, 3.63) is 34.9 Å². The molecule has 7 heteroatoms. The molecule has 0 saturated heterocycles. The number of rotatable bonds is 6. The highest BCUT2D eigenvalue weighted by atomic mass is 19.1. The maximum Gasteiger partial charge on any atom is 0.340 e. The summed E-state index contributed by atoms with van der Waals surface area (Å²) in [4.78, 5) is 22.9. The van der Waals surface area contributed by atoms with Crippen LogP contribution in [0, 0.1) is 11.3 Å². The summed E-state index contributed by atoms with van der Waals surface area (Å²) in [6.45, 7) is 2.36. The molecule has 174 valence electrons. The van der Waals surface area contributed by atoms with Crippen molar-refractivity contribution in [1.29, 1.82) is 5.26 Å². The van der Waals surface area contributed by atoms with E-state index in [2.05, 4.69) is 12.1 Å². The average molecular weight is 448 g/mol. The number of hydrogen-bond acceptors (Lipinski definition) is 5. The Hall–Kier alpha value is -2.49. The Kier molecular flexibility index (Phi) is 8.22. The molecule has 2 saturated carbocycles. The minimum atomic E-state index is -1.61. The maximum atomic E-state index is 13.0. The van der Waals surface area contributed by atoms with Crippen molar-refractivity contribution in [3.8, 4) is 6.07 Å². The Labute approximate surface area is 188 Å². The molecule has 0 aliphatic heterocycles. The third kappa shape index (κ3) is 6.05. The predicted molar refractivity (Wildman–Crippen MR) is 114 cm³/mol. The highest BCUT2D eigenvalue weighted by Crippen LogP contribution is 2.39. The molecule has 0 unspecified atom stereocenters. The molecule has 0 spiro atoms. The fourth-order valence-corrected chi connectivity index (χ4v) is 4.80. The van der Waals surface area contributed by atoms with Crippen LogP contribution in [-0.4, -0.2) is 36.5 Å². The topological polar surface area (TPSA) is 76.4 Å². The number of nitriles is 1. The molecule has 0 amide bonds. The molecule has 32 heavy (non-hydrogen) atoms. The van der Waals surface area contributed by atoms with Gasteiger partial charge in [0.2, 0.25) is 0 Å². The zero-order valence-corrected chi connectivity index (χ0v) is 18.7. The van der Waals surface area contributed by atoms with Crippen molar-refractivity contribution in [2.24, 2.45) is 0 Å². The first kappa shape index (κ1) is 24.2. The molecule has 0 bridgehead atoms. The number of carbonyl (C=O) groups is 2. The third-order valence-electron chi connectivity index (χ3n) is 6.67. The van der Waals surface area contributed by atoms with Crippen LogP contribution < -0.4 is 0 Å². The molecule has 0 N–H and O–H groups in total. The van der Waals surface area contributed by atoms with E-state index in [1.807, 2.05) is 12.1 Å². The zero-order chi connectivity index (χ0) is 23.3. The van der Waals surface area contributed by atoms with E-state index < -0.39 is 24.3 Å². The second kappa shape index (κ2) is 10.9. The molecule has 2 aliphatic carbocycles. The maximum absolute atomic E-state index is 13.0. The fourth-order valence-electron chi connectivity index (χ4n) is 4.80. The molecule has 2 aliphatic rings. The van der Waals surface area contributed by atoms with Gasteiger partial charge in [-0.25, -0.2) is 18.4 Å². The predicted octanol–water partition coefficient (Wildman–Crippen LogP) is 5.41. The van der Waals surface area contributed by atoms with Gasteiger partial charge in [-0.1, -0.05) is 12.1 Å². The number of alkyl halides is 2. The number of nitrogens with zero attached hydrogens (tertiary/aromatic N) is 1. The molecule has 2 atom stereocenters. The molecule has 1 aromatic rings. The Morgan fingerprint density at radius 1 is 0.875 bits per heavy atom. The van der Waals surface area contributed by atoms with E-state index in [1.165, 1.54) is 13.8 Å². The summed E-state index contributed by atoms with van der Waals surface area (Å²) in [5.74, 6) is -1.10. The molecular weight excluding hydrogens is 416 g/mol. The summed E-state index contributed by atoms with van der Waals surface area (Å²) >= 11 is 0. The van der Waals surface area contributed by atoms with E-state index in [0.717, 1.165) is 36.8 Å². The van der Waals surface area contributed by atoms with Crippen LogP contribution in [-0.2, 0) is 19.1 Å². The third-order valence-corrected chi connectivity index (χ3v) is 6.67. The number of esters is 2. The Balaban J connectivity index is 1.57. The second-order valence-electron chi connectivity index (χ2n) is 9.01. The second-order valence-corrected chi connectivity index (χ2v) is 9.01. The van der Waals surface area contributed by atoms with Crippen LogP contribution in [0.3, 0.4) is 0 Å². The van der Waals surface area contributed by atoms with E-state index in [9.17, 15) is 23.6 Å². The Bertz CT molecular complexity index is 848. The SMILES string of the molecule is C[C@H](F)C(=O)O[C@H]1CC[C@H](c2ccc([C@H]3CC[C@H](OC(=O)[C@H](C)F)CC3)c(C#N)c2)CC1. The van der Waals surface area contributed by atoms with Gasteiger partial charge in [-0.3, -0.25) is 0 Å². The summed E-state index contributed by atoms with van der Waals surface area (Å²) in [6.07, 6.45) is 2.21. The van der Waals surface area contributed by atoms with Gasteiger partial charge in [0.1, 0.15) is 12.2 Å². The Morgan fingerprint density at radius 3 is 1.78 bits per heavy atom. The zero-order valence-electron chi connectivity index (χ0n) is 18.7. The van der Waals surface area contributed by atoms with Crippen LogP contribution in [0.1, 0.15) is 93.7 Å². The molecule has 1 aromatic carbocycles. The van der Waals surface area contributed by atoms with Gasteiger partial charge in [0.25, 0.3) is 0 Å². The highest BCUT2D eigenvalue weighted by Gasteiger charge is 2.29. The van der Waals surface area contributed by atoms with Gasteiger partial charge in [-0.15, -0.1) is 0 Å². The lowest BCUT2D eigenvalue weighted by molar-refractivity contribution is -0.156. The number of carbonyl (C=O) groups excluding carboxylic acids is 2. The van der Waals surface area contributed by atoms with Crippen LogP contribution in [0.4, 0.5) is 8.78 Å². The normalized spacial score (nSPS) is 27.6. The van der Waals surface area contributed by atoms with Crippen LogP contribution in [0.5, 0.6) is 0 Å². The lowest BCUT2D eigenvalue weighted by Crippen LogP contribution is -2.27. The van der Waals surface area contributed by atoms with E-state index in [4.69, 9.17) is 9.47 Å². The molecule has 0 aromatic heterocycles. The van der Waals surface area contributed by atoms with Crippen molar-refractivity contribution in [1.82, 2.24) is 0 Å². The first-order chi connectivity index (χ1) is 15.3. The van der Waals surface area contributed by atoms with Gasteiger partial charge < -0.3 is 9.47 Å². The number of hydrogen-bond donors (Lipinski definition) is 0.